The van der Waals surface area contributed by atoms with E-state index in [2.05, 4.69) is 20.4 Å². The maximum Gasteiger partial charge on any atom is 0.227 e. The number of pyridine rings is 1. The molecule has 3 aromatic rings. The first-order valence-electron chi connectivity index (χ1n) is 7.30. The average molecular weight is 308 g/mol. The molecule has 6 nitrogen and oxygen atoms in total. The summed E-state index contributed by atoms with van der Waals surface area (Å²) in [6, 6.07) is 11.3. The lowest BCUT2D eigenvalue weighted by atomic mass is 10.2. The fourth-order valence-corrected chi connectivity index (χ4v) is 2.05. The van der Waals surface area contributed by atoms with Crippen LogP contribution >= 0.6 is 0 Å². The topological polar surface area (TPSA) is 80.9 Å². The molecule has 0 saturated heterocycles. The zero-order chi connectivity index (χ0) is 16.1. The van der Waals surface area contributed by atoms with Crippen LogP contribution in [0.1, 0.15) is 17.9 Å². The van der Waals surface area contributed by atoms with Gasteiger partial charge in [0.05, 0.1) is 0 Å². The van der Waals surface area contributed by atoms with Gasteiger partial charge in [0.25, 0.3) is 0 Å². The largest absolute Gasteiger partial charge is 0.339 e. The summed E-state index contributed by atoms with van der Waals surface area (Å²) >= 11 is 0. The summed E-state index contributed by atoms with van der Waals surface area (Å²) in [6.07, 6.45) is 4.02. The fraction of sp³-hybridized carbons (Fsp3) is 0.176. The predicted molar refractivity (Wildman–Crippen MR) is 85.7 cm³/mol. The number of hydrogen-bond donors (Lipinski definition) is 1. The number of rotatable bonds is 5. The predicted octanol–water partition coefficient (Wildman–Crippen LogP) is 3.01. The molecule has 23 heavy (non-hydrogen) atoms. The van der Waals surface area contributed by atoms with Crippen LogP contribution < -0.4 is 5.32 Å². The van der Waals surface area contributed by atoms with Gasteiger partial charge >= 0.3 is 0 Å². The zero-order valence-corrected chi connectivity index (χ0v) is 12.7. The summed E-state index contributed by atoms with van der Waals surface area (Å²) in [6.45, 7) is 2.00. The maximum absolute atomic E-state index is 11.9. The molecule has 0 aliphatic rings. The molecule has 6 heteroatoms. The van der Waals surface area contributed by atoms with E-state index in [0.717, 1.165) is 16.8 Å². The third-order valence-corrected chi connectivity index (χ3v) is 3.29. The van der Waals surface area contributed by atoms with Crippen molar-refractivity contribution in [3.8, 4) is 11.4 Å². The second kappa shape index (κ2) is 6.83. The van der Waals surface area contributed by atoms with Crippen molar-refractivity contribution in [1.82, 2.24) is 15.1 Å². The Morgan fingerprint density at radius 1 is 1.22 bits per heavy atom. The van der Waals surface area contributed by atoms with Crippen LogP contribution in [0.2, 0.25) is 0 Å². The van der Waals surface area contributed by atoms with Crippen molar-refractivity contribution < 1.29 is 9.32 Å². The molecule has 0 aliphatic carbocycles. The highest BCUT2D eigenvalue weighted by atomic mass is 16.5. The Hall–Kier alpha value is -3.02. The second-order valence-electron chi connectivity index (χ2n) is 5.17. The summed E-state index contributed by atoms with van der Waals surface area (Å²) in [4.78, 5) is 20.2. The van der Waals surface area contributed by atoms with Crippen LogP contribution in [-0.2, 0) is 11.2 Å². The van der Waals surface area contributed by atoms with E-state index in [0.29, 0.717) is 18.1 Å². The molecule has 0 bridgehead atoms. The Kier molecular flexibility index (Phi) is 4.42. The van der Waals surface area contributed by atoms with E-state index in [1.54, 1.807) is 18.5 Å². The van der Waals surface area contributed by atoms with Crippen molar-refractivity contribution in [3.63, 3.8) is 0 Å². The highest BCUT2D eigenvalue weighted by Crippen LogP contribution is 2.15. The van der Waals surface area contributed by atoms with Gasteiger partial charge in [0.2, 0.25) is 17.6 Å². The number of nitrogens with one attached hydrogen (secondary N) is 1. The highest BCUT2D eigenvalue weighted by Gasteiger charge is 2.10. The Morgan fingerprint density at radius 2 is 2.04 bits per heavy atom. The molecule has 0 saturated carbocycles. The van der Waals surface area contributed by atoms with Crippen LogP contribution in [0.15, 0.2) is 53.3 Å². The summed E-state index contributed by atoms with van der Waals surface area (Å²) in [7, 11) is 0. The van der Waals surface area contributed by atoms with Gasteiger partial charge in [0, 0.05) is 36.5 Å². The first kappa shape index (κ1) is 14.9. The maximum atomic E-state index is 11.9. The molecule has 0 unspecified atom stereocenters. The first-order chi connectivity index (χ1) is 11.2. The molecule has 0 aliphatic heterocycles. The smallest absolute Gasteiger partial charge is 0.227 e. The summed E-state index contributed by atoms with van der Waals surface area (Å²) in [5.41, 5.74) is 2.71. The SMILES string of the molecule is Cc1ccc(NC(=O)CCc2nc(-c3cccnc3)no2)cc1. The lowest BCUT2D eigenvalue weighted by Gasteiger charge is -2.04. The van der Waals surface area contributed by atoms with Gasteiger partial charge in [0.15, 0.2) is 0 Å². The standard InChI is InChI=1S/C17H16N4O2/c1-12-4-6-14(7-5-12)19-15(22)8-9-16-20-17(21-23-16)13-3-2-10-18-11-13/h2-7,10-11H,8-9H2,1H3,(H,19,22). The van der Waals surface area contributed by atoms with Crippen LogP contribution in [0.25, 0.3) is 11.4 Å². The molecule has 1 N–H and O–H groups in total. The van der Waals surface area contributed by atoms with Crippen LogP contribution in [0.4, 0.5) is 5.69 Å². The van der Waals surface area contributed by atoms with Crippen molar-refractivity contribution in [2.45, 2.75) is 19.8 Å². The molecular weight excluding hydrogens is 292 g/mol. The minimum atomic E-state index is -0.0880. The van der Waals surface area contributed by atoms with Crippen LogP contribution in [0.5, 0.6) is 0 Å². The Labute approximate surface area is 133 Å². The molecule has 1 amide bonds. The molecule has 0 radical (unpaired) electrons. The number of amides is 1. The van der Waals surface area contributed by atoms with Crippen LogP contribution in [0.3, 0.4) is 0 Å². The third kappa shape index (κ3) is 4.00. The number of aromatic nitrogens is 3. The van der Waals surface area contributed by atoms with Crippen LogP contribution in [0, 0.1) is 6.92 Å². The van der Waals surface area contributed by atoms with Gasteiger partial charge in [0.1, 0.15) is 0 Å². The molecule has 116 valence electrons. The quantitative estimate of drug-likeness (QED) is 0.783. The number of aryl methyl sites for hydroxylation is 2. The van der Waals surface area contributed by atoms with E-state index >= 15 is 0 Å². The van der Waals surface area contributed by atoms with Crippen molar-refractivity contribution >= 4 is 11.6 Å². The van der Waals surface area contributed by atoms with Crippen molar-refractivity contribution in [3.05, 3.63) is 60.2 Å². The summed E-state index contributed by atoms with van der Waals surface area (Å²) in [5, 5.41) is 6.74. The number of carbonyl (C=O) groups is 1. The fourth-order valence-electron chi connectivity index (χ4n) is 2.05. The molecular formula is C17H16N4O2. The first-order valence-corrected chi connectivity index (χ1v) is 7.30. The second-order valence-corrected chi connectivity index (χ2v) is 5.17. The highest BCUT2D eigenvalue weighted by molar-refractivity contribution is 5.90. The number of nitrogens with zero attached hydrogens (tertiary/aromatic N) is 3. The molecule has 2 heterocycles. The van der Waals surface area contributed by atoms with E-state index in [1.807, 2.05) is 37.3 Å². The third-order valence-electron chi connectivity index (χ3n) is 3.29. The average Bonchev–Trinajstić information content (AvgIpc) is 3.05. The molecule has 0 fully saturated rings. The molecule has 0 atom stereocenters. The monoisotopic (exact) mass is 308 g/mol. The number of carbonyl (C=O) groups excluding carboxylic acids is 1. The van der Waals surface area contributed by atoms with E-state index in [4.69, 9.17) is 4.52 Å². The van der Waals surface area contributed by atoms with Gasteiger partial charge in [-0.05, 0) is 31.2 Å². The Balaban J connectivity index is 1.55. The molecule has 3 rings (SSSR count). The lowest BCUT2D eigenvalue weighted by molar-refractivity contribution is -0.116. The van der Waals surface area contributed by atoms with Gasteiger partial charge in [-0.15, -0.1) is 0 Å². The van der Waals surface area contributed by atoms with Crippen molar-refractivity contribution in [1.29, 1.82) is 0 Å². The van der Waals surface area contributed by atoms with Gasteiger partial charge < -0.3 is 9.84 Å². The number of benzene rings is 1. The molecule has 2 aromatic heterocycles. The van der Waals surface area contributed by atoms with E-state index in [-0.39, 0.29) is 12.3 Å². The van der Waals surface area contributed by atoms with Crippen LogP contribution in [-0.4, -0.2) is 21.0 Å². The van der Waals surface area contributed by atoms with Crippen molar-refractivity contribution in [2.24, 2.45) is 0 Å². The lowest BCUT2D eigenvalue weighted by Crippen LogP contribution is -2.12. The number of anilines is 1. The summed E-state index contributed by atoms with van der Waals surface area (Å²) in [5.74, 6) is 0.824. The zero-order valence-electron chi connectivity index (χ0n) is 12.7. The van der Waals surface area contributed by atoms with Gasteiger partial charge in [-0.2, -0.15) is 4.98 Å². The van der Waals surface area contributed by atoms with Gasteiger partial charge in [-0.1, -0.05) is 22.9 Å². The summed E-state index contributed by atoms with van der Waals surface area (Å²) < 4.78 is 5.17. The van der Waals surface area contributed by atoms with Crippen molar-refractivity contribution in [2.75, 3.05) is 5.32 Å². The molecule has 0 spiro atoms. The Bertz CT molecular complexity index is 782. The minimum absolute atomic E-state index is 0.0880. The van der Waals surface area contributed by atoms with E-state index in [1.165, 1.54) is 0 Å². The van der Waals surface area contributed by atoms with E-state index in [9.17, 15) is 4.79 Å². The van der Waals surface area contributed by atoms with E-state index < -0.39 is 0 Å². The minimum Gasteiger partial charge on any atom is -0.339 e. The van der Waals surface area contributed by atoms with Gasteiger partial charge in [-0.25, -0.2) is 0 Å². The number of hydrogen-bond acceptors (Lipinski definition) is 5. The Morgan fingerprint density at radius 3 is 2.78 bits per heavy atom. The van der Waals surface area contributed by atoms with Gasteiger partial charge in [-0.3, -0.25) is 9.78 Å². The normalized spacial score (nSPS) is 10.5. The molecule has 1 aromatic carbocycles.